The van der Waals surface area contributed by atoms with Gasteiger partial charge in [-0.3, -0.25) is 0 Å². The van der Waals surface area contributed by atoms with Crippen LogP contribution in [0.2, 0.25) is 0 Å². The lowest BCUT2D eigenvalue weighted by atomic mass is 10.2. The van der Waals surface area contributed by atoms with Crippen molar-refractivity contribution in [3.05, 3.63) is 35.2 Å². The number of H-pyrrole nitrogens is 1. The summed E-state index contributed by atoms with van der Waals surface area (Å²) in [4.78, 5) is 8.49. The topological polar surface area (TPSA) is 28.7 Å². The van der Waals surface area contributed by atoms with Crippen molar-refractivity contribution in [2.45, 2.75) is 4.90 Å². The van der Waals surface area contributed by atoms with Crippen molar-refractivity contribution < 1.29 is 0 Å². The Labute approximate surface area is 95.3 Å². The maximum Gasteiger partial charge on any atom is 0.110 e. The molecule has 0 radical (unpaired) electrons. The molecule has 0 atom stereocenters. The summed E-state index contributed by atoms with van der Waals surface area (Å²) >= 11 is 5.15. The molecular weight excluding hydrogens is 260 g/mol. The zero-order valence-corrected chi connectivity index (χ0v) is 10.0. The van der Waals surface area contributed by atoms with Crippen molar-refractivity contribution in [1.29, 1.82) is 0 Å². The van der Waals surface area contributed by atoms with E-state index in [-0.39, 0.29) is 0 Å². The maximum atomic E-state index is 4.23. The largest absolute Gasteiger partial charge is 0.339 e. The standard InChI is InChI=1S/C10H9BrN2S/c1-14-8-4-2-7(3-5-8)9-10(11)13-6-12-9/h2-6H,1H3,(H,12,13). The fourth-order valence-electron chi connectivity index (χ4n) is 1.23. The molecule has 4 heteroatoms. The molecule has 14 heavy (non-hydrogen) atoms. The van der Waals surface area contributed by atoms with Crippen LogP contribution in [-0.2, 0) is 0 Å². The minimum atomic E-state index is 0.925. The van der Waals surface area contributed by atoms with E-state index in [9.17, 15) is 0 Å². The smallest absolute Gasteiger partial charge is 0.110 e. The van der Waals surface area contributed by atoms with Gasteiger partial charge in [-0.05, 0) is 34.3 Å². The first kappa shape index (κ1) is 9.80. The Kier molecular flexibility index (Phi) is 2.93. The van der Waals surface area contributed by atoms with Gasteiger partial charge in [-0.2, -0.15) is 0 Å². The number of imidazole rings is 1. The second-order valence-electron chi connectivity index (χ2n) is 2.79. The fraction of sp³-hybridized carbons (Fsp3) is 0.100. The van der Waals surface area contributed by atoms with Crippen LogP contribution in [0.1, 0.15) is 0 Å². The summed E-state index contributed by atoms with van der Waals surface area (Å²) in [6, 6.07) is 8.35. The predicted molar refractivity (Wildman–Crippen MR) is 63.5 cm³/mol. The highest BCUT2D eigenvalue weighted by atomic mass is 79.9. The summed E-state index contributed by atoms with van der Waals surface area (Å²) in [6.07, 6.45) is 3.75. The molecule has 0 aliphatic heterocycles. The van der Waals surface area contributed by atoms with Crippen molar-refractivity contribution in [1.82, 2.24) is 9.97 Å². The van der Waals surface area contributed by atoms with E-state index in [0.717, 1.165) is 15.9 Å². The fourth-order valence-corrected chi connectivity index (χ4v) is 2.07. The van der Waals surface area contributed by atoms with Gasteiger partial charge in [0.2, 0.25) is 0 Å². The minimum Gasteiger partial charge on any atom is -0.339 e. The molecule has 0 aliphatic rings. The molecule has 0 aliphatic carbocycles. The van der Waals surface area contributed by atoms with E-state index in [1.54, 1.807) is 18.1 Å². The van der Waals surface area contributed by atoms with Crippen LogP contribution in [0, 0.1) is 0 Å². The third-order valence-electron chi connectivity index (χ3n) is 1.96. The summed E-state index contributed by atoms with van der Waals surface area (Å²) in [6.45, 7) is 0. The summed E-state index contributed by atoms with van der Waals surface area (Å²) in [5.41, 5.74) is 2.08. The van der Waals surface area contributed by atoms with Crippen molar-refractivity contribution in [2.24, 2.45) is 0 Å². The summed E-state index contributed by atoms with van der Waals surface area (Å²) < 4.78 is 0.925. The van der Waals surface area contributed by atoms with Gasteiger partial charge in [0.25, 0.3) is 0 Å². The zero-order chi connectivity index (χ0) is 9.97. The average Bonchev–Trinajstić information content (AvgIpc) is 2.65. The van der Waals surface area contributed by atoms with Gasteiger partial charge in [0.15, 0.2) is 0 Å². The van der Waals surface area contributed by atoms with Gasteiger partial charge in [0, 0.05) is 10.5 Å². The molecule has 72 valence electrons. The van der Waals surface area contributed by atoms with Crippen LogP contribution in [-0.4, -0.2) is 16.2 Å². The van der Waals surface area contributed by atoms with E-state index in [4.69, 9.17) is 0 Å². The lowest BCUT2D eigenvalue weighted by molar-refractivity contribution is 1.30. The number of nitrogens with one attached hydrogen (secondary N) is 1. The van der Waals surface area contributed by atoms with Crippen molar-refractivity contribution in [3.8, 4) is 11.3 Å². The first-order valence-electron chi connectivity index (χ1n) is 4.14. The van der Waals surface area contributed by atoms with E-state index in [1.165, 1.54) is 4.90 Å². The number of rotatable bonds is 2. The Bertz CT molecular complexity index is 422. The van der Waals surface area contributed by atoms with E-state index in [1.807, 2.05) is 0 Å². The number of hydrogen-bond acceptors (Lipinski definition) is 2. The molecule has 0 unspecified atom stereocenters. The predicted octanol–water partition coefficient (Wildman–Crippen LogP) is 3.56. The van der Waals surface area contributed by atoms with Crippen molar-refractivity contribution in [3.63, 3.8) is 0 Å². The Morgan fingerprint density at radius 1 is 1.29 bits per heavy atom. The van der Waals surface area contributed by atoms with Gasteiger partial charge in [-0.25, -0.2) is 4.98 Å². The van der Waals surface area contributed by atoms with Crippen LogP contribution >= 0.6 is 27.7 Å². The first-order chi connectivity index (χ1) is 6.81. The third kappa shape index (κ3) is 1.86. The van der Waals surface area contributed by atoms with E-state index in [2.05, 4.69) is 56.4 Å². The van der Waals surface area contributed by atoms with Crippen LogP contribution in [0.3, 0.4) is 0 Å². The van der Waals surface area contributed by atoms with Crippen LogP contribution < -0.4 is 0 Å². The monoisotopic (exact) mass is 268 g/mol. The molecule has 0 saturated heterocycles. The lowest BCUT2D eigenvalue weighted by Gasteiger charge is -1.99. The lowest BCUT2D eigenvalue weighted by Crippen LogP contribution is -1.78. The SMILES string of the molecule is CSc1ccc(-c2nc[nH]c2Br)cc1. The number of benzene rings is 1. The van der Waals surface area contributed by atoms with Crippen LogP contribution in [0.4, 0.5) is 0 Å². The van der Waals surface area contributed by atoms with Crippen LogP contribution in [0.15, 0.2) is 40.1 Å². The van der Waals surface area contributed by atoms with Crippen LogP contribution in [0.25, 0.3) is 11.3 Å². The van der Waals surface area contributed by atoms with Gasteiger partial charge in [-0.15, -0.1) is 11.8 Å². The van der Waals surface area contributed by atoms with Crippen molar-refractivity contribution in [2.75, 3.05) is 6.26 Å². The number of hydrogen-bond donors (Lipinski definition) is 1. The molecule has 0 spiro atoms. The number of aromatic nitrogens is 2. The Hall–Kier alpha value is -0.740. The number of thioether (sulfide) groups is 1. The molecule has 1 heterocycles. The van der Waals surface area contributed by atoms with Crippen LogP contribution in [0.5, 0.6) is 0 Å². The van der Waals surface area contributed by atoms with Gasteiger partial charge < -0.3 is 4.98 Å². The molecule has 0 amide bonds. The summed E-state index contributed by atoms with van der Waals surface area (Å²) in [5.74, 6) is 0. The van der Waals surface area contributed by atoms with Gasteiger partial charge in [0.05, 0.1) is 6.33 Å². The van der Waals surface area contributed by atoms with Crippen molar-refractivity contribution >= 4 is 27.7 Å². The van der Waals surface area contributed by atoms with E-state index >= 15 is 0 Å². The van der Waals surface area contributed by atoms with E-state index in [0.29, 0.717) is 0 Å². The molecular formula is C10H9BrN2S. The highest BCUT2D eigenvalue weighted by Crippen LogP contribution is 2.26. The molecule has 2 aromatic rings. The van der Waals surface area contributed by atoms with Gasteiger partial charge >= 0.3 is 0 Å². The Morgan fingerprint density at radius 2 is 2.00 bits per heavy atom. The first-order valence-corrected chi connectivity index (χ1v) is 6.16. The maximum absolute atomic E-state index is 4.23. The number of aromatic amines is 1. The highest BCUT2D eigenvalue weighted by Gasteiger charge is 2.04. The second kappa shape index (κ2) is 4.19. The quantitative estimate of drug-likeness (QED) is 0.844. The number of halogens is 1. The van der Waals surface area contributed by atoms with Gasteiger partial charge in [0.1, 0.15) is 10.3 Å². The molecule has 1 N–H and O–H groups in total. The minimum absolute atomic E-state index is 0.925. The highest BCUT2D eigenvalue weighted by molar-refractivity contribution is 9.10. The third-order valence-corrected chi connectivity index (χ3v) is 3.30. The molecule has 2 nitrogen and oxygen atoms in total. The molecule has 0 bridgehead atoms. The molecule has 0 fully saturated rings. The Morgan fingerprint density at radius 3 is 2.50 bits per heavy atom. The summed E-state index contributed by atoms with van der Waals surface area (Å²) in [5, 5.41) is 0. The normalized spacial score (nSPS) is 10.4. The molecule has 0 saturated carbocycles. The summed E-state index contributed by atoms with van der Waals surface area (Å²) in [7, 11) is 0. The van der Waals surface area contributed by atoms with E-state index < -0.39 is 0 Å². The number of nitrogens with zero attached hydrogens (tertiary/aromatic N) is 1. The average molecular weight is 269 g/mol. The molecule has 1 aromatic carbocycles. The zero-order valence-electron chi connectivity index (χ0n) is 7.62. The van der Waals surface area contributed by atoms with Gasteiger partial charge in [-0.1, -0.05) is 12.1 Å². The molecule has 2 rings (SSSR count). The Balaban J connectivity index is 2.39. The molecule has 1 aromatic heterocycles. The second-order valence-corrected chi connectivity index (χ2v) is 4.47.